The van der Waals surface area contributed by atoms with E-state index in [0.717, 1.165) is 13.0 Å². The molecule has 3 rings (SSSR count). The normalized spacial score (nSPS) is 11.6. The van der Waals surface area contributed by atoms with Crippen molar-refractivity contribution in [1.82, 2.24) is 14.9 Å². The van der Waals surface area contributed by atoms with Crippen molar-refractivity contribution in [2.75, 3.05) is 39.1 Å². The van der Waals surface area contributed by atoms with E-state index in [1.807, 2.05) is 14.1 Å². The first kappa shape index (κ1) is 22.1. The number of anilines is 1. The van der Waals surface area contributed by atoms with Gasteiger partial charge in [0, 0.05) is 23.0 Å². The Hall–Kier alpha value is -2.62. The molecule has 8 nitrogen and oxygen atoms in total. The Balaban J connectivity index is 1.90. The zero-order valence-electron chi connectivity index (χ0n) is 16.9. The van der Waals surface area contributed by atoms with E-state index >= 15 is 0 Å². The van der Waals surface area contributed by atoms with Crippen LogP contribution in [0.25, 0.3) is 10.9 Å². The summed E-state index contributed by atoms with van der Waals surface area (Å²) >= 11 is 5.85. The molecule has 0 aliphatic rings. The van der Waals surface area contributed by atoms with Crippen LogP contribution in [-0.2, 0) is 10.0 Å². The van der Waals surface area contributed by atoms with Gasteiger partial charge in [-0.1, -0.05) is 11.6 Å². The van der Waals surface area contributed by atoms with Gasteiger partial charge >= 0.3 is 0 Å². The minimum absolute atomic E-state index is 0.0754. The summed E-state index contributed by atoms with van der Waals surface area (Å²) in [5, 5.41) is 0.941. The number of halogens is 1. The highest BCUT2D eigenvalue weighted by Gasteiger charge is 2.18. The number of rotatable bonds is 9. The SMILES string of the molecule is COc1cc2c(NS(=O)(=O)c3ccc(Cl)cc3)ncnc2cc1OCCCN(C)C. The third-order valence-corrected chi connectivity index (χ3v) is 5.89. The van der Waals surface area contributed by atoms with E-state index in [-0.39, 0.29) is 10.7 Å². The number of aromatic nitrogens is 2. The van der Waals surface area contributed by atoms with Gasteiger partial charge in [-0.15, -0.1) is 0 Å². The summed E-state index contributed by atoms with van der Waals surface area (Å²) in [5.41, 5.74) is 0.530. The molecule has 0 unspecified atom stereocenters. The van der Waals surface area contributed by atoms with Gasteiger partial charge in [-0.05, 0) is 50.8 Å². The first-order chi connectivity index (χ1) is 14.3. The standard InChI is InChI=1S/C20H23ClN4O4S/c1-25(2)9-4-10-29-19-12-17-16(11-18(19)28-3)20(23-13-22-17)24-30(26,27)15-7-5-14(21)6-8-15/h5-8,11-13H,4,9-10H2,1-3H3,(H,22,23,24). The summed E-state index contributed by atoms with van der Waals surface area (Å²) in [6, 6.07) is 9.25. The van der Waals surface area contributed by atoms with E-state index in [0.29, 0.717) is 34.0 Å². The largest absolute Gasteiger partial charge is 0.493 e. The number of fused-ring (bicyclic) bond motifs is 1. The highest BCUT2D eigenvalue weighted by Crippen LogP contribution is 2.34. The molecule has 1 N–H and O–H groups in total. The maximum atomic E-state index is 12.7. The predicted molar refractivity (Wildman–Crippen MR) is 117 cm³/mol. The molecule has 0 radical (unpaired) electrons. The van der Waals surface area contributed by atoms with Gasteiger partial charge in [0.2, 0.25) is 0 Å². The minimum atomic E-state index is -3.85. The molecule has 0 saturated heterocycles. The number of nitrogens with one attached hydrogen (secondary N) is 1. The Labute approximate surface area is 180 Å². The van der Waals surface area contributed by atoms with E-state index in [2.05, 4.69) is 19.6 Å². The van der Waals surface area contributed by atoms with Crippen LogP contribution in [0, 0.1) is 0 Å². The average Bonchev–Trinajstić information content (AvgIpc) is 2.71. The smallest absolute Gasteiger partial charge is 0.263 e. The van der Waals surface area contributed by atoms with Gasteiger partial charge in [-0.2, -0.15) is 0 Å². The lowest BCUT2D eigenvalue weighted by molar-refractivity contribution is 0.268. The van der Waals surface area contributed by atoms with Gasteiger partial charge in [0.25, 0.3) is 10.0 Å². The molecule has 0 saturated carbocycles. The number of hydrogen-bond acceptors (Lipinski definition) is 7. The molecule has 1 heterocycles. The maximum Gasteiger partial charge on any atom is 0.263 e. The van der Waals surface area contributed by atoms with Crippen LogP contribution >= 0.6 is 11.6 Å². The van der Waals surface area contributed by atoms with Crippen LogP contribution in [0.5, 0.6) is 11.5 Å². The highest BCUT2D eigenvalue weighted by molar-refractivity contribution is 7.92. The molecule has 160 valence electrons. The van der Waals surface area contributed by atoms with Crippen LogP contribution in [-0.4, -0.2) is 57.6 Å². The quantitative estimate of drug-likeness (QED) is 0.499. The summed E-state index contributed by atoms with van der Waals surface area (Å²) in [4.78, 5) is 10.5. The molecule has 2 aromatic carbocycles. The average molecular weight is 451 g/mol. The fraction of sp³-hybridized carbons (Fsp3) is 0.300. The van der Waals surface area contributed by atoms with Crippen molar-refractivity contribution in [3.63, 3.8) is 0 Å². The summed E-state index contributed by atoms with van der Waals surface area (Å²) in [5.74, 6) is 1.15. The third-order valence-electron chi connectivity index (χ3n) is 4.28. The molecule has 0 fully saturated rings. The van der Waals surface area contributed by atoms with Crippen LogP contribution in [0.4, 0.5) is 5.82 Å². The fourth-order valence-corrected chi connectivity index (χ4v) is 3.94. The van der Waals surface area contributed by atoms with Crippen LogP contribution in [0.1, 0.15) is 6.42 Å². The van der Waals surface area contributed by atoms with E-state index < -0.39 is 10.0 Å². The number of nitrogens with zero attached hydrogens (tertiary/aromatic N) is 3. The molecule has 1 aromatic heterocycles. The molecule has 10 heteroatoms. The minimum Gasteiger partial charge on any atom is -0.493 e. The van der Waals surface area contributed by atoms with Crippen LogP contribution in [0.2, 0.25) is 5.02 Å². The zero-order valence-corrected chi connectivity index (χ0v) is 18.5. The first-order valence-corrected chi connectivity index (χ1v) is 11.0. The molecular weight excluding hydrogens is 428 g/mol. The molecule has 0 atom stereocenters. The summed E-state index contributed by atoms with van der Waals surface area (Å²) in [6.45, 7) is 1.41. The topological polar surface area (TPSA) is 93.6 Å². The molecule has 3 aromatic rings. The van der Waals surface area contributed by atoms with Crippen LogP contribution in [0.15, 0.2) is 47.6 Å². The van der Waals surface area contributed by atoms with Crippen molar-refractivity contribution in [3.8, 4) is 11.5 Å². The second kappa shape index (κ2) is 9.46. The monoisotopic (exact) mass is 450 g/mol. The van der Waals surface area contributed by atoms with Gasteiger partial charge < -0.3 is 14.4 Å². The third kappa shape index (κ3) is 5.29. The van der Waals surface area contributed by atoms with Gasteiger partial charge in [0.05, 0.1) is 24.1 Å². The predicted octanol–water partition coefficient (Wildman–Crippen LogP) is 3.42. The van der Waals surface area contributed by atoms with Crippen molar-refractivity contribution in [1.29, 1.82) is 0 Å². The Morgan fingerprint density at radius 3 is 2.50 bits per heavy atom. The number of sulfonamides is 1. The van der Waals surface area contributed by atoms with Gasteiger partial charge in [-0.25, -0.2) is 18.4 Å². The van der Waals surface area contributed by atoms with Crippen LogP contribution in [0.3, 0.4) is 0 Å². The molecule has 0 spiro atoms. The van der Waals surface area contributed by atoms with Crippen molar-refractivity contribution in [2.45, 2.75) is 11.3 Å². The Morgan fingerprint density at radius 2 is 1.83 bits per heavy atom. The molecule has 0 aliphatic heterocycles. The van der Waals surface area contributed by atoms with Crippen LogP contribution < -0.4 is 14.2 Å². The molecule has 0 amide bonds. The lowest BCUT2D eigenvalue weighted by atomic mass is 10.2. The van der Waals surface area contributed by atoms with Gasteiger partial charge in [-0.3, -0.25) is 4.72 Å². The lowest BCUT2D eigenvalue weighted by Gasteiger charge is -2.15. The number of hydrogen-bond donors (Lipinski definition) is 1. The van der Waals surface area contributed by atoms with E-state index in [1.165, 1.54) is 37.7 Å². The lowest BCUT2D eigenvalue weighted by Crippen LogP contribution is -2.15. The zero-order chi connectivity index (χ0) is 21.7. The number of methoxy groups -OCH3 is 1. The van der Waals surface area contributed by atoms with Gasteiger partial charge in [0.1, 0.15) is 6.33 Å². The Kier molecular flexibility index (Phi) is 6.96. The second-order valence-electron chi connectivity index (χ2n) is 6.81. The number of ether oxygens (including phenoxy) is 2. The van der Waals surface area contributed by atoms with Gasteiger partial charge in [0.15, 0.2) is 17.3 Å². The molecule has 0 bridgehead atoms. The first-order valence-electron chi connectivity index (χ1n) is 9.19. The van der Waals surface area contributed by atoms with Crippen molar-refractivity contribution < 1.29 is 17.9 Å². The van der Waals surface area contributed by atoms with Crippen molar-refractivity contribution in [3.05, 3.63) is 47.7 Å². The van der Waals surface area contributed by atoms with Crippen molar-refractivity contribution >= 4 is 38.3 Å². The van der Waals surface area contributed by atoms with E-state index in [9.17, 15) is 8.42 Å². The molecule has 0 aliphatic carbocycles. The molecular formula is C20H23ClN4O4S. The summed E-state index contributed by atoms with van der Waals surface area (Å²) in [6.07, 6.45) is 2.15. The maximum absolute atomic E-state index is 12.7. The summed E-state index contributed by atoms with van der Waals surface area (Å²) < 4.78 is 39.3. The highest BCUT2D eigenvalue weighted by atomic mass is 35.5. The van der Waals surface area contributed by atoms with E-state index in [1.54, 1.807) is 12.1 Å². The Morgan fingerprint density at radius 1 is 1.10 bits per heavy atom. The summed E-state index contributed by atoms with van der Waals surface area (Å²) in [7, 11) is 1.67. The number of benzene rings is 2. The van der Waals surface area contributed by atoms with E-state index in [4.69, 9.17) is 21.1 Å². The van der Waals surface area contributed by atoms with Crippen molar-refractivity contribution in [2.24, 2.45) is 0 Å². The Bertz CT molecular complexity index is 1120. The fourth-order valence-electron chi connectivity index (χ4n) is 2.78. The molecule has 30 heavy (non-hydrogen) atoms. The second-order valence-corrected chi connectivity index (χ2v) is 8.93.